The third kappa shape index (κ3) is 4.02. The average Bonchev–Trinajstić information content (AvgIpc) is 3.67. The number of urea groups is 1. The van der Waals surface area contributed by atoms with E-state index in [9.17, 15) is 18.0 Å². The first-order valence-corrected chi connectivity index (χ1v) is 12.9. The lowest BCUT2D eigenvalue weighted by Gasteiger charge is -2.37. The monoisotopic (exact) mass is 528 g/mol. The molecule has 9 nitrogen and oxygen atoms in total. The van der Waals surface area contributed by atoms with Crippen LogP contribution < -0.4 is 5.32 Å². The summed E-state index contributed by atoms with van der Waals surface area (Å²) >= 11 is 0. The Morgan fingerprint density at radius 2 is 2.11 bits per heavy atom. The third-order valence-corrected chi connectivity index (χ3v) is 8.07. The summed E-state index contributed by atoms with van der Waals surface area (Å²) in [6, 6.07) is 4.02. The van der Waals surface area contributed by atoms with Crippen LogP contribution in [0.3, 0.4) is 0 Å². The topological polar surface area (TPSA) is 95.6 Å². The SMILES string of the molecule is O=C(N1CCc2cc(-c3cnc4[nH]cc(C(F)(F)F)c4n3)cc([C@@H]3COCCN3)c2C1)N1C[C@H]2C[C@@H]1CO2. The number of amides is 2. The molecule has 0 radical (unpaired) electrons. The largest absolute Gasteiger partial charge is 0.420 e. The molecule has 2 N–H and O–H groups in total. The standard InChI is InChI=1S/C26H27F3N6O3/c27-26(28,29)20-8-31-24-23(20)33-21(9-32-24)15-5-14-1-3-34(25(36)35-10-17-7-16(35)12-38-17)11-19(14)18(6-15)22-13-37-4-2-30-22/h5-6,8-9,16-17,22,30H,1-4,7,10-13H2,(H,31,32)/t16-,17-,22+/m1/s1. The van der Waals surface area contributed by atoms with Crippen LogP contribution in [0.5, 0.6) is 0 Å². The highest BCUT2D eigenvalue weighted by Gasteiger charge is 2.43. The number of carbonyl (C=O) groups is 1. The number of benzene rings is 1. The van der Waals surface area contributed by atoms with Gasteiger partial charge in [0.05, 0.1) is 49.9 Å². The summed E-state index contributed by atoms with van der Waals surface area (Å²) in [6.07, 6.45) is -0.456. The first-order chi connectivity index (χ1) is 18.3. The molecular weight excluding hydrogens is 501 g/mol. The van der Waals surface area contributed by atoms with Crippen LogP contribution in [0.2, 0.25) is 0 Å². The van der Waals surface area contributed by atoms with Gasteiger partial charge in [0.25, 0.3) is 0 Å². The van der Waals surface area contributed by atoms with Crippen LogP contribution in [0.1, 0.15) is 34.7 Å². The summed E-state index contributed by atoms with van der Waals surface area (Å²) in [5, 5.41) is 3.49. The Labute approximate surface area is 216 Å². The van der Waals surface area contributed by atoms with Crippen LogP contribution in [0.15, 0.2) is 24.5 Å². The van der Waals surface area contributed by atoms with E-state index in [1.807, 2.05) is 21.9 Å². The number of aromatic amines is 1. The van der Waals surface area contributed by atoms with Crippen molar-refractivity contribution in [1.29, 1.82) is 0 Å². The van der Waals surface area contributed by atoms with Gasteiger partial charge in [-0.15, -0.1) is 0 Å². The molecule has 3 fully saturated rings. The van der Waals surface area contributed by atoms with E-state index in [1.54, 1.807) is 0 Å². The lowest BCUT2D eigenvalue weighted by atomic mass is 9.88. The Morgan fingerprint density at radius 3 is 2.84 bits per heavy atom. The van der Waals surface area contributed by atoms with E-state index in [-0.39, 0.29) is 35.4 Å². The van der Waals surface area contributed by atoms with E-state index in [2.05, 4.69) is 20.3 Å². The number of aromatic nitrogens is 3. The van der Waals surface area contributed by atoms with Gasteiger partial charge in [-0.25, -0.2) is 14.8 Å². The summed E-state index contributed by atoms with van der Waals surface area (Å²) < 4.78 is 52.0. The van der Waals surface area contributed by atoms with Gasteiger partial charge in [-0.05, 0) is 41.7 Å². The Morgan fingerprint density at radius 1 is 1.21 bits per heavy atom. The van der Waals surface area contributed by atoms with Crippen LogP contribution in [-0.2, 0) is 28.6 Å². The van der Waals surface area contributed by atoms with Crippen molar-refractivity contribution < 1.29 is 27.4 Å². The first-order valence-electron chi connectivity index (χ1n) is 12.9. The molecule has 6 heterocycles. The predicted octanol–water partition coefficient (Wildman–Crippen LogP) is 3.26. The number of halogens is 3. The fraction of sp³-hybridized carbons (Fsp3) is 0.500. The molecule has 2 bridgehead atoms. The van der Waals surface area contributed by atoms with Gasteiger partial charge < -0.3 is 29.6 Å². The molecule has 0 aliphatic carbocycles. The van der Waals surface area contributed by atoms with Crippen molar-refractivity contribution in [2.75, 3.05) is 39.5 Å². The van der Waals surface area contributed by atoms with Crippen molar-refractivity contribution in [2.24, 2.45) is 0 Å². The van der Waals surface area contributed by atoms with Crippen molar-refractivity contribution >= 4 is 17.2 Å². The van der Waals surface area contributed by atoms with E-state index >= 15 is 0 Å². The fourth-order valence-electron chi connectivity index (χ4n) is 6.15. The normalized spacial score (nSPS) is 25.3. The zero-order valence-corrected chi connectivity index (χ0v) is 20.6. The molecule has 3 atom stereocenters. The average molecular weight is 529 g/mol. The highest BCUT2D eigenvalue weighted by molar-refractivity contribution is 5.79. The number of alkyl halides is 3. The number of likely N-dealkylation sites (tertiary alicyclic amines) is 1. The summed E-state index contributed by atoms with van der Waals surface area (Å²) in [4.78, 5) is 28.4. The van der Waals surface area contributed by atoms with Gasteiger partial charge in [-0.1, -0.05) is 0 Å². The second-order valence-electron chi connectivity index (χ2n) is 10.4. The molecular formula is C26H27F3N6O3. The summed E-state index contributed by atoms with van der Waals surface area (Å²) in [6.45, 7) is 4.04. The number of ether oxygens (including phenoxy) is 2. The molecule has 0 saturated carbocycles. The highest BCUT2D eigenvalue weighted by Crippen LogP contribution is 2.37. The number of carbonyl (C=O) groups excluding carboxylic acids is 1. The summed E-state index contributed by atoms with van der Waals surface area (Å²) in [5.74, 6) is 0. The number of hydrogen-bond acceptors (Lipinski definition) is 6. The molecule has 2 aromatic heterocycles. The van der Waals surface area contributed by atoms with Gasteiger partial charge in [0.1, 0.15) is 11.1 Å². The van der Waals surface area contributed by atoms with Crippen molar-refractivity contribution in [3.8, 4) is 11.3 Å². The van der Waals surface area contributed by atoms with Crippen molar-refractivity contribution in [2.45, 2.75) is 43.8 Å². The van der Waals surface area contributed by atoms with E-state index < -0.39 is 11.7 Å². The van der Waals surface area contributed by atoms with Crippen LogP contribution >= 0.6 is 0 Å². The maximum atomic E-state index is 13.5. The molecule has 2 amide bonds. The number of hydrogen-bond donors (Lipinski definition) is 2. The second kappa shape index (κ2) is 8.92. The Bertz CT molecular complexity index is 1400. The predicted molar refractivity (Wildman–Crippen MR) is 130 cm³/mol. The lowest BCUT2D eigenvalue weighted by molar-refractivity contribution is -0.136. The van der Waals surface area contributed by atoms with Crippen LogP contribution in [-0.4, -0.2) is 82.4 Å². The molecule has 7 rings (SSSR count). The third-order valence-electron chi connectivity index (χ3n) is 8.07. The van der Waals surface area contributed by atoms with Gasteiger partial charge in [0.15, 0.2) is 5.65 Å². The Balaban J connectivity index is 1.26. The van der Waals surface area contributed by atoms with Gasteiger partial charge in [-0.3, -0.25) is 0 Å². The molecule has 3 saturated heterocycles. The number of rotatable bonds is 2. The summed E-state index contributed by atoms with van der Waals surface area (Å²) in [7, 11) is 0. The van der Waals surface area contributed by atoms with E-state index in [0.717, 1.165) is 29.3 Å². The van der Waals surface area contributed by atoms with Gasteiger partial charge >= 0.3 is 12.2 Å². The Hall–Kier alpha value is -3.22. The zero-order chi connectivity index (χ0) is 26.0. The Kier molecular flexibility index (Phi) is 5.60. The van der Waals surface area contributed by atoms with E-state index in [4.69, 9.17) is 9.47 Å². The number of H-pyrrole nitrogens is 1. The molecule has 12 heteroatoms. The molecule has 4 aliphatic rings. The number of nitrogens with zero attached hydrogens (tertiary/aromatic N) is 4. The van der Waals surface area contributed by atoms with E-state index in [1.165, 1.54) is 6.20 Å². The van der Waals surface area contributed by atoms with Crippen LogP contribution in [0.25, 0.3) is 22.4 Å². The van der Waals surface area contributed by atoms with E-state index in [0.29, 0.717) is 63.7 Å². The maximum absolute atomic E-state index is 13.5. The molecule has 0 unspecified atom stereocenters. The van der Waals surface area contributed by atoms with Gasteiger partial charge in [0.2, 0.25) is 0 Å². The first kappa shape index (κ1) is 23.9. The van der Waals surface area contributed by atoms with Crippen molar-refractivity contribution in [3.63, 3.8) is 0 Å². The zero-order valence-electron chi connectivity index (χ0n) is 20.6. The second-order valence-corrected chi connectivity index (χ2v) is 10.4. The highest BCUT2D eigenvalue weighted by atomic mass is 19.4. The lowest BCUT2D eigenvalue weighted by Crippen LogP contribution is -2.50. The van der Waals surface area contributed by atoms with Crippen LogP contribution in [0, 0.1) is 0 Å². The number of morpholine rings is 2. The molecule has 200 valence electrons. The smallest absolute Gasteiger partial charge is 0.378 e. The van der Waals surface area contributed by atoms with Crippen molar-refractivity contribution in [3.05, 3.63) is 46.8 Å². The molecule has 3 aromatic rings. The van der Waals surface area contributed by atoms with Gasteiger partial charge in [-0.2, -0.15) is 13.2 Å². The van der Waals surface area contributed by atoms with Crippen molar-refractivity contribution in [1.82, 2.24) is 30.1 Å². The van der Waals surface area contributed by atoms with Gasteiger partial charge in [0, 0.05) is 37.9 Å². The maximum Gasteiger partial charge on any atom is 0.420 e. The number of fused-ring (bicyclic) bond motifs is 4. The minimum atomic E-state index is -4.53. The fourth-order valence-corrected chi connectivity index (χ4v) is 6.15. The summed E-state index contributed by atoms with van der Waals surface area (Å²) in [5.41, 5.74) is 3.23. The number of nitrogens with one attached hydrogen (secondary N) is 2. The quantitative estimate of drug-likeness (QED) is 0.530. The minimum Gasteiger partial charge on any atom is -0.378 e. The molecule has 0 spiro atoms. The molecule has 1 aromatic carbocycles. The minimum absolute atomic E-state index is 0.0396. The molecule has 4 aliphatic heterocycles. The van der Waals surface area contributed by atoms with Crippen LogP contribution in [0.4, 0.5) is 18.0 Å². The molecule has 38 heavy (non-hydrogen) atoms.